The van der Waals surface area contributed by atoms with Crippen LogP contribution in [0.15, 0.2) is 24.3 Å². The molecule has 1 unspecified atom stereocenters. The summed E-state index contributed by atoms with van der Waals surface area (Å²) in [6, 6.07) is 9.46. The second-order valence-corrected chi connectivity index (χ2v) is 17.6. The summed E-state index contributed by atoms with van der Waals surface area (Å²) in [4.78, 5) is 68.8. The van der Waals surface area contributed by atoms with Gasteiger partial charge in [-0.25, -0.2) is 0 Å². The Bertz CT molecular complexity index is 2070. The predicted octanol–water partition coefficient (Wildman–Crippen LogP) is -9.39. The molecular formula is C44H64N2O23. The number of nitrogens with zero attached hydrogens (tertiary/aromatic N) is 2. The Morgan fingerprint density at radius 2 is 0.913 bits per heavy atom. The van der Waals surface area contributed by atoms with Gasteiger partial charge in [0.05, 0.1) is 38.1 Å². The Balaban J connectivity index is -0.000000914. The van der Waals surface area contributed by atoms with Gasteiger partial charge in [0.1, 0.15) is 24.4 Å². The van der Waals surface area contributed by atoms with E-state index >= 15 is 0 Å². The Hall–Kier alpha value is -5.58. The molecule has 0 aromatic heterocycles. The number of aliphatic hydroxyl groups excluding tert-OH is 4. The summed E-state index contributed by atoms with van der Waals surface area (Å²) in [5.41, 5.74) is 5.15. The number of carboxylic acids is 4. The minimum absolute atomic E-state index is 0. The highest BCUT2D eigenvalue weighted by atomic mass is 16.5. The van der Waals surface area contributed by atoms with Crippen LogP contribution in [0.3, 0.4) is 0 Å². The number of piperidine rings is 2. The molecule has 2 aromatic rings. The number of likely N-dealkylation sites (N-methyl/N-ethyl adjacent to an activating group) is 2. The van der Waals surface area contributed by atoms with E-state index in [4.69, 9.17) is 39.4 Å². The smallest absolute Gasteiger partial charge is 0.547 e. The topological polar surface area (TPSA) is 476 Å². The largest absolute Gasteiger partial charge is 1.00 e. The molecule has 4 bridgehead atoms. The molecule has 4 fully saturated rings. The molecule has 14 N–H and O–H groups in total. The molecule has 2 saturated heterocycles. The zero-order chi connectivity index (χ0) is 46.7. The van der Waals surface area contributed by atoms with Gasteiger partial charge in [0, 0.05) is 46.9 Å². The van der Waals surface area contributed by atoms with Crippen LogP contribution in [0.4, 0.5) is 0 Å². The van der Waals surface area contributed by atoms with Gasteiger partial charge < -0.3 is 116 Å². The number of Topliss-reactive ketones (excluding diaryl/α,β-unsaturated/α-hetero) is 2. The Morgan fingerprint density at radius 1 is 0.609 bits per heavy atom. The van der Waals surface area contributed by atoms with E-state index in [-0.39, 0.29) is 67.7 Å². The van der Waals surface area contributed by atoms with E-state index in [1.807, 2.05) is 12.1 Å². The van der Waals surface area contributed by atoms with Crippen molar-refractivity contribution in [2.75, 3.05) is 41.4 Å². The molecule has 2 aromatic carbocycles. The average Bonchev–Trinajstić information content (AvgIpc) is 3.82. The van der Waals surface area contributed by atoms with E-state index in [2.05, 4.69) is 36.0 Å². The third-order valence-electron chi connectivity index (χ3n) is 14.7. The van der Waals surface area contributed by atoms with Crippen molar-refractivity contribution in [2.45, 2.75) is 111 Å². The normalized spacial score (nSPS) is 29.1. The van der Waals surface area contributed by atoms with E-state index in [0.717, 1.165) is 74.6 Å². The lowest BCUT2D eigenvalue weighted by Crippen LogP contribution is -2.65. The molecule has 4 heterocycles. The number of ether oxygens (including phenoxy) is 4. The lowest BCUT2D eigenvalue weighted by molar-refractivity contribution is -0.333. The van der Waals surface area contributed by atoms with Gasteiger partial charge in [0.15, 0.2) is 46.8 Å². The van der Waals surface area contributed by atoms with Crippen molar-refractivity contribution < 1.29 is 122 Å². The number of aliphatic carboxylic acids is 4. The van der Waals surface area contributed by atoms with E-state index in [1.54, 1.807) is 14.2 Å². The monoisotopic (exact) mass is 988 g/mol. The van der Waals surface area contributed by atoms with Crippen LogP contribution in [0.5, 0.6) is 23.0 Å². The number of hydrogen-bond donors (Lipinski definition) is 4. The molecule has 388 valence electrons. The number of carboxylic acid groups (broad SMARTS) is 4. The summed E-state index contributed by atoms with van der Waals surface area (Å²) in [6.45, 7) is 2.09. The van der Waals surface area contributed by atoms with Crippen molar-refractivity contribution in [3.63, 3.8) is 0 Å². The summed E-state index contributed by atoms with van der Waals surface area (Å²) in [5.74, 6) is -3.32. The molecule has 2 spiro atoms. The second kappa shape index (κ2) is 22.4. The van der Waals surface area contributed by atoms with Crippen molar-refractivity contribution in [3.8, 4) is 23.0 Å². The fourth-order valence-corrected chi connectivity index (χ4v) is 11.9. The molecule has 0 amide bonds. The summed E-state index contributed by atoms with van der Waals surface area (Å²) in [7, 11) is 7.82. The highest BCUT2D eigenvalue weighted by Crippen LogP contribution is 2.64. The fraction of sp³-hybridized carbons (Fsp3) is 0.591. The zero-order valence-electron chi connectivity index (χ0n) is 42.1. The standard InChI is InChI=1S/2C18H21NO3.2C4H6O6.5H2O/c2*1-19-8-7-18-11-4-5-13(20)17(18)22-16-14(21-2)6-3-10(15(16)18)9-12(11)19;2*5-1(3(7)8)2(6)4(9)10;;;;;/h2*3,6,11-12,17H,4-5,7-9H2,1-2H3;2*1-2,5-6H,(H,7,8)(H,9,10);5*1H2/t11-,12+,17-,18?;11-,12+,17-,18-;2*1-,2-;;;;;/m0011...../s1. The molecule has 2 saturated carbocycles. The van der Waals surface area contributed by atoms with E-state index in [0.29, 0.717) is 36.8 Å². The van der Waals surface area contributed by atoms with Gasteiger partial charge in [-0.15, -0.1) is 0 Å². The summed E-state index contributed by atoms with van der Waals surface area (Å²) < 4.78 is 23.6. The van der Waals surface area contributed by atoms with Crippen LogP contribution in [0.1, 0.15) is 66.5 Å². The molecule has 25 nitrogen and oxygen atoms in total. The maximum absolute atomic E-state index is 12.6. The first-order valence-corrected chi connectivity index (χ1v) is 21.0. The molecular weight excluding hydrogens is 924 g/mol. The lowest BCUT2D eigenvalue weighted by atomic mass is 9.52. The SMILES string of the molecule is COc1ccc2c3c1O[C@H]1C(=O)CC[C@H]4[C@@H](C2)N(C)CCC314.COc1ccc2c3c1O[C@H]1C(=O)CC[C@H]4[C@@H](C2)N(C)CC[C@]314.O.O.O.O.O.O=C([O-])[C@H](O)[C@@H](O)C(=O)[O-].O=C([O-])[C@H](O)[C@@H](O)C(=O)[O-].[H+].[H+].[H+].[H+]. The number of carbonyl (C=O) groups is 6. The van der Waals surface area contributed by atoms with Crippen LogP contribution in [0.2, 0.25) is 0 Å². The van der Waals surface area contributed by atoms with Gasteiger partial charge in [0.25, 0.3) is 0 Å². The number of aliphatic hydroxyl groups is 4. The van der Waals surface area contributed by atoms with Crippen LogP contribution in [-0.4, -0.2) is 183 Å². The highest BCUT2D eigenvalue weighted by Gasteiger charge is 2.67. The van der Waals surface area contributed by atoms with Gasteiger partial charge in [-0.2, -0.15) is 0 Å². The molecule has 69 heavy (non-hydrogen) atoms. The van der Waals surface area contributed by atoms with Gasteiger partial charge in [-0.3, -0.25) is 9.59 Å². The van der Waals surface area contributed by atoms with Crippen molar-refractivity contribution in [2.24, 2.45) is 11.8 Å². The maximum atomic E-state index is 12.6. The number of rotatable bonds is 8. The van der Waals surface area contributed by atoms with Crippen molar-refractivity contribution in [1.82, 2.24) is 9.80 Å². The third kappa shape index (κ3) is 9.56. The first-order chi connectivity index (χ1) is 30.3. The molecule has 10 rings (SSSR count). The first kappa shape index (κ1) is 59.5. The summed E-state index contributed by atoms with van der Waals surface area (Å²) in [6.07, 6.45) is -2.82. The fourth-order valence-electron chi connectivity index (χ4n) is 11.9. The number of benzene rings is 2. The number of carbonyl (C=O) groups excluding carboxylic acids is 6. The van der Waals surface area contributed by atoms with Crippen molar-refractivity contribution in [3.05, 3.63) is 46.5 Å². The quantitative estimate of drug-likeness (QED) is 0.191. The number of methoxy groups -OCH3 is 2. The predicted molar refractivity (Wildman–Crippen MR) is 230 cm³/mol. The average molecular weight is 989 g/mol. The van der Waals surface area contributed by atoms with Crippen molar-refractivity contribution in [1.29, 1.82) is 0 Å². The van der Waals surface area contributed by atoms with E-state index in [1.165, 1.54) is 22.3 Å². The molecule has 0 radical (unpaired) electrons. The number of ketones is 2. The Morgan fingerprint density at radius 3 is 1.19 bits per heavy atom. The first-order valence-electron chi connectivity index (χ1n) is 21.0. The van der Waals surface area contributed by atoms with Crippen LogP contribution in [-0.2, 0) is 52.4 Å². The Labute approximate surface area is 400 Å². The van der Waals surface area contributed by atoms with Crippen LogP contribution in [0.25, 0.3) is 0 Å². The highest BCUT2D eigenvalue weighted by molar-refractivity contribution is 5.90. The molecule has 4 aliphatic heterocycles. The summed E-state index contributed by atoms with van der Waals surface area (Å²) >= 11 is 0. The lowest BCUT2D eigenvalue weighted by Gasteiger charge is -2.57. The van der Waals surface area contributed by atoms with Gasteiger partial charge in [-0.05, 0) is 101 Å². The minimum Gasteiger partial charge on any atom is -0.547 e. The zero-order valence-corrected chi connectivity index (χ0v) is 38.1. The van der Waals surface area contributed by atoms with Crippen molar-refractivity contribution >= 4 is 35.4 Å². The molecule has 4 aliphatic carbocycles. The van der Waals surface area contributed by atoms with Gasteiger partial charge >= 0.3 is 5.71 Å². The van der Waals surface area contributed by atoms with Gasteiger partial charge in [0.2, 0.25) is 0 Å². The molecule has 12 atom stereocenters. The Kier molecular flexibility index (Phi) is 19.4. The molecule has 8 aliphatic rings. The number of likely N-dealkylation sites (tertiary alicyclic amines) is 2. The maximum Gasteiger partial charge on any atom is 1.00 e. The number of hydrogen-bond acceptors (Lipinski definition) is 20. The van der Waals surface area contributed by atoms with Crippen LogP contribution in [0, 0.1) is 11.8 Å². The summed E-state index contributed by atoms with van der Waals surface area (Å²) in [5, 5.41) is 71.5. The van der Waals surface area contributed by atoms with Crippen LogP contribution >= 0.6 is 0 Å². The van der Waals surface area contributed by atoms with E-state index in [9.17, 15) is 49.2 Å². The van der Waals surface area contributed by atoms with Crippen LogP contribution < -0.4 is 39.4 Å². The second-order valence-electron chi connectivity index (χ2n) is 17.6. The minimum atomic E-state index is -2.44. The third-order valence-corrected chi connectivity index (χ3v) is 14.7. The van der Waals surface area contributed by atoms with Gasteiger partial charge in [-0.1, -0.05) is 12.1 Å². The molecule has 25 heteroatoms. The van der Waals surface area contributed by atoms with E-state index < -0.39 is 48.3 Å².